The molecule has 6 aromatic carbocycles. The summed E-state index contributed by atoms with van der Waals surface area (Å²) in [6, 6.07) is 58.4. The molecule has 14 heteroatoms. The van der Waals surface area contributed by atoms with Crippen molar-refractivity contribution in [3.05, 3.63) is 227 Å². The molecular formula is C59H63N3O11. The summed E-state index contributed by atoms with van der Waals surface area (Å²) in [5, 5.41) is 9.02. The van der Waals surface area contributed by atoms with E-state index >= 15 is 0 Å². The van der Waals surface area contributed by atoms with Gasteiger partial charge in [-0.3, -0.25) is 0 Å². The summed E-state index contributed by atoms with van der Waals surface area (Å²) in [6.45, 7) is 2.40. The highest BCUT2D eigenvalue weighted by atomic mass is 16.7. The highest BCUT2D eigenvalue weighted by Gasteiger charge is 2.52. The number of methoxy groups -OCH3 is 1. The Morgan fingerprint density at radius 1 is 0.507 bits per heavy atom. The van der Waals surface area contributed by atoms with E-state index in [4.69, 9.17) is 52.1 Å². The van der Waals surface area contributed by atoms with Gasteiger partial charge in [0.15, 0.2) is 12.6 Å². The Morgan fingerprint density at radius 3 is 1.59 bits per heavy atom. The Hall–Kier alpha value is -5.98. The zero-order valence-electron chi connectivity index (χ0n) is 41.0. The second kappa shape index (κ2) is 25.8. The fourth-order valence-electron chi connectivity index (χ4n) is 9.47. The van der Waals surface area contributed by atoms with Crippen LogP contribution in [0.15, 0.2) is 182 Å². The van der Waals surface area contributed by atoms with Crippen LogP contribution in [-0.4, -0.2) is 96.7 Å². The molecule has 14 nitrogen and oxygen atoms in total. The molecular weight excluding hydrogens is 927 g/mol. The van der Waals surface area contributed by atoms with Crippen LogP contribution in [0.3, 0.4) is 0 Å². The topological polar surface area (TPSA) is 132 Å². The van der Waals surface area contributed by atoms with Crippen LogP contribution in [0.1, 0.15) is 44.6 Å². The molecule has 0 unspecified atom stereocenters. The first-order valence-corrected chi connectivity index (χ1v) is 25.0. The van der Waals surface area contributed by atoms with Crippen molar-refractivity contribution in [2.45, 2.75) is 114 Å². The summed E-state index contributed by atoms with van der Waals surface area (Å²) in [5.41, 5.74) is 7.59. The lowest BCUT2D eigenvalue weighted by molar-refractivity contribution is -0.351. The lowest BCUT2D eigenvalue weighted by Crippen LogP contribution is -2.64. The zero-order valence-corrected chi connectivity index (χ0v) is 41.0. The van der Waals surface area contributed by atoms with Crippen molar-refractivity contribution in [1.82, 2.24) is 15.0 Å². The minimum atomic E-state index is -1.04. The molecule has 380 valence electrons. The van der Waals surface area contributed by atoms with Crippen molar-refractivity contribution in [3.8, 4) is 0 Å². The third kappa shape index (κ3) is 13.8. The molecule has 3 aliphatic heterocycles. The van der Waals surface area contributed by atoms with Crippen molar-refractivity contribution < 1.29 is 52.1 Å². The molecule has 10 atom stereocenters. The molecule has 4 heterocycles. The average Bonchev–Trinajstić information content (AvgIpc) is 3.89. The van der Waals surface area contributed by atoms with Gasteiger partial charge >= 0.3 is 0 Å². The molecule has 0 radical (unpaired) electrons. The van der Waals surface area contributed by atoms with Gasteiger partial charge in [0.25, 0.3) is 0 Å². The maximum absolute atomic E-state index is 7.08. The molecule has 2 saturated heterocycles. The smallest absolute Gasteiger partial charge is 0.187 e. The van der Waals surface area contributed by atoms with Crippen molar-refractivity contribution in [1.29, 1.82) is 0 Å². The van der Waals surface area contributed by atoms with Crippen molar-refractivity contribution >= 4 is 0 Å². The van der Waals surface area contributed by atoms with Crippen LogP contribution in [0.2, 0.25) is 0 Å². The molecule has 10 rings (SSSR count). The number of fused-ring (bicyclic) bond motifs is 6. The summed E-state index contributed by atoms with van der Waals surface area (Å²) >= 11 is 0. The zero-order chi connectivity index (χ0) is 49.4. The van der Waals surface area contributed by atoms with Crippen molar-refractivity contribution in [3.63, 3.8) is 0 Å². The van der Waals surface area contributed by atoms with Crippen molar-refractivity contribution in [2.24, 2.45) is 0 Å². The van der Waals surface area contributed by atoms with Crippen LogP contribution in [0, 0.1) is 0 Å². The van der Waals surface area contributed by atoms with Crippen LogP contribution in [-0.2, 0) is 105 Å². The number of nitrogens with zero attached hydrogens (tertiary/aromatic N) is 3. The molecule has 0 aliphatic carbocycles. The summed E-state index contributed by atoms with van der Waals surface area (Å²) in [4.78, 5) is 0. The van der Waals surface area contributed by atoms with E-state index in [1.807, 2.05) is 170 Å². The molecule has 4 bridgehead atoms. The average molecular weight is 990 g/mol. The minimum Gasteiger partial charge on any atom is -0.374 e. The monoisotopic (exact) mass is 989 g/mol. The van der Waals surface area contributed by atoms with Crippen LogP contribution in [0.5, 0.6) is 0 Å². The second-order valence-electron chi connectivity index (χ2n) is 18.5. The van der Waals surface area contributed by atoms with Crippen LogP contribution >= 0.6 is 0 Å². The van der Waals surface area contributed by atoms with Gasteiger partial charge in [0.1, 0.15) is 54.5 Å². The SMILES string of the molecule is CO[C@H]1O[C@@H]2CO[C@H]3O[C@H](COCc4ccccc4)[C@@H](OCc4ccccc4)[C@H](OCc4ccccc4)[C@H]3OCc3cn(nn3)Cc3cccc(c3)CO[C@H]2[C@H](OCc2ccccc2)[C@H]1OCc1ccccc1. The van der Waals surface area contributed by atoms with E-state index in [-0.39, 0.29) is 46.2 Å². The molecule has 0 N–H and O–H groups in total. The molecule has 1 aromatic heterocycles. The van der Waals surface area contributed by atoms with E-state index in [1.54, 1.807) is 11.8 Å². The number of ether oxygens (including phenoxy) is 11. The fraction of sp³-hybridized carbons (Fsp3) is 0.356. The Morgan fingerprint density at radius 2 is 1.01 bits per heavy atom. The van der Waals surface area contributed by atoms with Gasteiger partial charge in [0.05, 0.1) is 72.2 Å². The molecule has 0 spiro atoms. The van der Waals surface area contributed by atoms with Gasteiger partial charge in [-0.25, -0.2) is 4.68 Å². The number of aromatic nitrogens is 3. The summed E-state index contributed by atoms with van der Waals surface area (Å²) in [7, 11) is 1.61. The van der Waals surface area contributed by atoms with Gasteiger partial charge in [-0.05, 0) is 38.9 Å². The van der Waals surface area contributed by atoms with Gasteiger partial charge in [-0.2, -0.15) is 0 Å². The standard InChI is InChI=1S/C59H63N3O11/c1-63-58-56(69-37-46-26-15-6-16-27-46)54(67-35-44-22-11-4-12-23-44)53-51(72-58)41-71-59-57(70-39-49-32-62(61-60-49)31-47-28-17-29-48(30-47)38-66-53)55(68-36-45-24-13-5-14-25-45)52(65-34-43-20-9-3-10-21-43)50(73-59)40-64-33-42-18-7-2-8-19-42/h2-30,32,50-59H,31,33-41H2,1H3/t50-,51-,52-,53-,54+,55+,56-,57-,58+,59+/m1/s1. The Bertz CT molecular complexity index is 2690. The van der Waals surface area contributed by atoms with E-state index in [1.165, 1.54) is 0 Å². The first kappa shape index (κ1) is 50.5. The van der Waals surface area contributed by atoms with Gasteiger partial charge in [0.2, 0.25) is 0 Å². The predicted octanol–water partition coefficient (Wildman–Crippen LogP) is 8.78. The summed E-state index contributed by atoms with van der Waals surface area (Å²) in [5.74, 6) is 0. The van der Waals surface area contributed by atoms with E-state index in [2.05, 4.69) is 22.4 Å². The Kier molecular flexibility index (Phi) is 17.9. The second-order valence-corrected chi connectivity index (χ2v) is 18.5. The lowest BCUT2D eigenvalue weighted by atomic mass is 9.97. The quantitative estimate of drug-likeness (QED) is 0.0862. The largest absolute Gasteiger partial charge is 0.374 e. The van der Waals surface area contributed by atoms with Crippen molar-refractivity contribution in [2.75, 3.05) is 20.3 Å². The van der Waals surface area contributed by atoms with Gasteiger partial charge in [-0.1, -0.05) is 181 Å². The highest BCUT2D eigenvalue weighted by Crippen LogP contribution is 2.35. The van der Waals surface area contributed by atoms with Crippen LogP contribution < -0.4 is 0 Å². The number of benzene rings is 6. The van der Waals surface area contributed by atoms with E-state index in [0.29, 0.717) is 25.5 Å². The van der Waals surface area contributed by atoms with Crippen LogP contribution in [0.4, 0.5) is 0 Å². The molecule has 7 aromatic rings. The normalized spacial score (nSPS) is 25.5. The third-order valence-corrected chi connectivity index (χ3v) is 13.2. The van der Waals surface area contributed by atoms with E-state index in [9.17, 15) is 0 Å². The van der Waals surface area contributed by atoms with Gasteiger partial charge in [-0.15, -0.1) is 5.10 Å². The van der Waals surface area contributed by atoms with Gasteiger partial charge in [0, 0.05) is 7.11 Å². The summed E-state index contributed by atoms with van der Waals surface area (Å²) < 4.78 is 77.0. The first-order valence-electron chi connectivity index (χ1n) is 25.0. The molecule has 0 amide bonds. The predicted molar refractivity (Wildman–Crippen MR) is 269 cm³/mol. The fourth-order valence-corrected chi connectivity index (χ4v) is 9.47. The minimum absolute atomic E-state index is 0.0274. The number of hydrogen-bond acceptors (Lipinski definition) is 13. The molecule has 0 saturated carbocycles. The maximum atomic E-state index is 7.08. The molecule has 3 aliphatic rings. The Balaban J connectivity index is 1.01. The van der Waals surface area contributed by atoms with Crippen LogP contribution in [0.25, 0.3) is 0 Å². The van der Waals surface area contributed by atoms with Gasteiger partial charge < -0.3 is 52.1 Å². The van der Waals surface area contributed by atoms with E-state index in [0.717, 1.165) is 38.9 Å². The summed E-state index contributed by atoms with van der Waals surface area (Å²) in [6.07, 6.45) is -5.86. The molecule has 2 fully saturated rings. The highest BCUT2D eigenvalue weighted by molar-refractivity contribution is 5.24. The third-order valence-electron chi connectivity index (χ3n) is 13.2. The maximum Gasteiger partial charge on any atom is 0.187 e. The number of rotatable bonds is 17. The Labute approximate surface area is 426 Å². The number of hydrogen-bond donors (Lipinski definition) is 0. The first-order chi connectivity index (χ1) is 36.1. The lowest BCUT2D eigenvalue weighted by Gasteiger charge is -2.48. The van der Waals surface area contributed by atoms with E-state index < -0.39 is 61.4 Å². The molecule has 73 heavy (non-hydrogen) atoms.